The van der Waals surface area contributed by atoms with Crippen molar-refractivity contribution >= 4 is 10.9 Å². The molecule has 0 aliphatic carbocycles. The van der Waals surface area contributed by atoms with Crippen LogP contribution in [0.25, 0.3) is 10.9 Å². The number of ether oxygens (including phenoxy) is 2. The molecule has 2 saturated heterocycles. The normalized spacial score (nSPS) is 26.1. The highest BCUT2D eigenvalue weighted by Crippen LogP contribution is 2.25. The van der Waals surface area contributed by atoms with Crippen LogP contribution in [-0.2, 0) is 9.47 Å². The van der Waals surface area contributed by atoms with Crippen LogP contribution < -0.4 is 0 Å². The van der Waals surface area contributed by atoms with Crippen molar-refractivity contribution in [1.82, 2.24) is 14.7 Å². The van der Waals surface area contributed by atoms with Gasteiger partial charge in [0.1, 0.15) is 0 Å². The topological polar surface area (TPSA) is 39.5 Å². The molecule has 23 heavy (non-hydrogen) atoms. The van der Waals surface area contributed by atoms with Gasteiger partial charge >= 0.3 is 0 Å². The van der Waals surface area contributed by atoms with E-state index in [0.717, 1.165) is 45.7 Å². The molecular weight excluding hydrogens is 290 g/mol. The molecule has 2 aromatic rings. The Morgan fingerprint density at radius 1 is 1.22 bits per heavy atom. The highest BCUT2D eigenvalue weighted by molar-refractivity contribution is 5.78. The Morgan fingerprint density at radius 2 is 2.17 bits per heavy atom. The smallest absolute Gasteiger partial charge is 0.157 e. The molecule has 3 heterocycles. The van der Waals surface area contributed by atoms with Gasteiger partial charge in [0.2, 0.25) is 0 Å². The average Bonchev–Trinajstić information content (AvgIpc) is 3.22. The van der Waals surface area contributed by atoms with E-state index in [1.165, 1.54) is 23.7 Å². The largest absolute Gasteiger partial charge is 0.353 e. The number of benzene rings is 1. The van der Waals surface area contributed by atoms with E-state index < -0.39 is 0 Å². The number of aromatic nitrogens is 2. The summed E-state index contributed by atoms with van der Waals surface area (Å²) in [6.07, 6.45) is 6.60. The summed E-state index contributed by atoms with van der Waals surface area (Å²) in [6.45, 7) is 4.77. The third-order valence-electron chi connectivity index (χ3n) is 4.95. The molecule has 0 bridgehead atoms. The predicted octanol–water partition coefficient (Wildman–Crippen LogP) is 2.83. The standard InChI is InChI=1S/C18H25N3O2/c1-2-6-17-15(5-1)13-19-21(17)16-8-9-20(14-16)10-12-23-18-7-3-4-11-22-18/h1-2,5-6,13,16,18H,3-4,7-12,14H2/t16-,18+/m1/s1. The second-order valence-corrected chi connectivity index (χ2v) is 6.56. The van der Waals surface area contributed by atoms with Crippen LogP contribution >= 0.6 is 0 Å². The Balaban J connectivity index is 1.29. The first-order valence-electron chi connectivity index (χ1n) is 8.78. The zero-order chi connectivity index (χ0) is 15.5. The Kier molecular flexibility index (Phi) is 4.60. The van der Waals surface area contributed by atoms with Crippen molar-refractivity contribution in [1.29, 1.82) is 0 Å². The van der Waals surface area contributed by atoms with Gasteiger partial charge in [0.05, 0.1) is 24.4 Å². The summed E-state index contributed by atoms with van der Waals surface area (Å²) in [5, 5.41) is 5.83. The number of para-hydroxylation sites is 1. The van der Waals surface area contributed by atoms with Crippen molar-refractivity contribution in [3.05, 3.63) is 30.5 Å². The van der Waals surface area contributed by atoms with Gasteiger partial charge in [0, 0.05) is 31.6 Å². The van der Waals surface area contributed by atoms with Gasteiger partial charge in [-0.3, -0.25) is 9.58 Å². The van der Waals surface area contributed by atoms with Gasteiger partial charge in [-0.25, -0.2) is 0 Å². The molecule has 5 nitrogen and oxygen atoms in total. The minimum absolute atomic E-state index is 0.0252. The lowest BCUT2D eigenvalue weighted by atomic mass is 10.2. The summed E-state index contributed by atoms with van der Waals surface area (Å²) in [5.74, 6) is 0. The first-order valence-corrected chi connectivity index (χ1v) is 8.78. The van der Waals surface area contributed by atoms with Gasteiger partial charge < -0.3 is 9.47 Å². The van der Waals surface area contributed by atoms with Gasteiger partial charge in [0.25, 0.3) is 0 Å². The van der Waals surface area contributed by atoms with Crippen molar-refractivity contribution in [2.24, 2.45) is 0 Å². The second kappa shape index (κ2) is 6.99. The quantitative estimate of drug-likeness (QED) is 0.850. The van der Waals surface area contributed by atoms with Crippen molar-refractivity contribution in [2.75, 3.05) is 32.8 Å². The number of hydrogen-bond donors (Lipinski definition) is 0. The molecule has 2 aliphatic rings. The van der Waals surface area contributed by atoms with E-state index >= 15 is 0 Å². The maximum absolute atomic E-state index is 5.85. The summed E-state index contributed by atoms with van der Waals surface area (Å²) in [5.41, 5.74) is 1.24. The van der Waals surface area contributed by atoms with Crippen LogP contribution in [0.3, 0.4) is 0 Å². The molecule has 2 aliphatic heterocycles. The van der Waals surface area contributed by atoms with E-state index in [2.05, 4.69) is 38.9 Å². The van der Waals surface area contributed by atoms with Crippen molar-refractivity contribution < 1.29 is 9.47 Å². The third kappa shape index (κ3) is 3.42. The first kappa shape index (κ1) is 15.1. The van der Waals surface area contributed by atoms with Crippen LogP contribution in [0.1, 0.15) is 31.7 Å². The van der Waals surface area contributed by atoms with E-state index in [0.29, 0.717) is 6.04 Å². The van der Waals surface area contributed by atoms with E-state index in [4.69, 9.17) is 9.47 Å². The van der Waals surface area contributed by atoms with Crippen LogP contribution in [0, 0.1) is 0 Å². The van der Waals surface area contributed by atoms with Gasteiger partial charge in [-0.15, -0.1) is 0 Å². The molecule has 124 valence electrons. The highest BCUT2D eigenvalue weighted by Gasteiger charge is 2.25. The monoisotopic (exact) mass is 315 g/mol. The fourth-order valence-corrected chi connectivity index (χ4v) is 3.65. The van der Waals surface area contributed by atoms with Gasteiger partial charge in [-0.05, 0) is 31.7 Å². The number of nitrogens with zero attached hydrogens (tertiary/aromatic N) is 3. The molecule has 2 fully saturated rings. The molecule has 5 heteroatoms. The summed E-state index contributed by atoms with van der Waals surface area (Å²) in [7, 11) is 0. The summed E-state index contributed by atoms with van der Waals surface area (Å²) < 4.78 is 13.7. The number of fused-ring (bicyclic) bond motifs is 1. The van der Waals surface area contributed by atoms with E-state index in [1.807, 2.05) is 6.20 Å². The predicted molar refractivity (Wildman–Crippen MR) is 89.4 cm³/mol. The van der Waals surface area contributed by atoms with Crippen LogP contribution in [0.4, 0.5) is 0 Å². The summed E-state index contributed by atoms with van der Waals surface area (Å²) in [6, 6.07) is 8.92. The molecular formula is C18H25N3O2. The summed E-state index contributed by atoms with van der Waals surface area (Å²) >= 11 is 0. The maximum atomic E-state index is 5.85. The molecule has 0 N–H and O–H groups in total. The highest BCUT2D eigenvalue weighted by atomic mass is 16.7. The van der Waals surface area contributed by atoms with Gasteiger partial charge in [-0.2, -0.15) is 5.10 Å². The Bertz CT molecular complexity index is 636. The molecule has 0 unspecified atom stereocenters. The van der Waals surface area contributed by atoms with Crippen LogP contribution in [0.2, 0.25) is 0 Å². The number of rotatable bonds is 5. The Morgan fingerprint density at radius 3 is 3.09 bits per heavy atom. The lowest BCUT2D eigenvalue weighted by Crippen LogP contribution is -2.29. The Labute approximate surface area is 137 Å². The van der Waals surface area contributed by atoms with Gasteiger partial charge in [-0.1, -0.05) is 18.2 Å². The van der Waals surface area contributed by atoms with E-state index in [9.17, 15) is 0 Å². The lowest BCUT2D eigenvalue weighted by Gasteiger charge is -2.24. The van der Waals surface area contributed by atoms with Crippen LogP contribution in [0.5, 0.6) is 0 Å². The minimum atomic E-state index is 0.0252. The van der Waals surface area contributed by atoms with Crippen LogP contribution in [0.15, 0.2) is 30.5 Å². The number of likely N-dealkylation sites (tertiary alicyclic amines) is 1. The van der Waals surface area contributed by atoms with E-state index in [1.54, 1.807) is 0 Å². The zero-order valence-electron chi connectivity index (χ0n) is 13.6. The lowest BCUT2D eigenvalue weighted by molar-refractivity contribution is -0.163. The molecule has 0 spiro atoms. The molecule has 0 radical (unpaired) electrons. The maximum Gasteiger partial charge on any atom is 0.157 e. The van der Waals surface area contributed by atoms with Crippen molar-refractivity contribution in [3.8, 4) is 0 Å². The average molecular weight is 315 g/mol. The van der Waals surface area contributed by atoms with Crippen LogP contribution in [-0.4, -0.2) is 53.8 Å². The molecule has 0 saturated carbocycles. The molecule has 0 amide bonds. The third-order valence-corrected chi connectivity index (χ3v) is 4.95. The van der Waals surface area contributed by atoms with E-state index in [-0.39, 0.29) is 6.29 Å². The minimum Gasteiger partial charge on any atom is -0.353 e. The molecule has 4 rings (SSSR count). The molecule has 1 aromatic carbocycles. The first-order chi connectivity index (χ1) is 11.4. The van der Waals surface area contributed by atoms with Gasteiger partial charge in [0.15, 0.2) is 6.29 Å². The fourth-order valence-electron chi connectivity index (χ4n) is 3.65. The second-order valence-electron chi connectivity index (χ2n) is 6.56. The molecule has 2 atom stereocenters. The molecule has 1 aromatic heterocycles. The Hall–Kier alpha value is -1.43. The number of hydrogen-bond acceptors (Lipinski definition) is 4. The van der Waals surface area contributed by atoms with Crippen molar-refractivity contribution in [2.45, 2.75) is 38.0 Å². The SMILES string of the molecule is c1ccc2c(c1)cnn2[C@@H]1CCN(CCO[C@H]2CCCCO2)C1. The fraction of sp³-hybridized carbons (Fsp3) is 0.611. The zero-order valence-corrected chi connectivity index (χ0v) is 13.6. The van der Waals surface area contributed by atoms with Crippen molar-refractivity contribution in [3.63, 3.8) is 0 Å². The summed E-state index contributed by atoms with van der Waals surface area (Å²) in [4.78, 5) is 2.48.